The molecule has 0 fully saturated rings. The average Bonchev–Trinajstić information content (AvgIpc) is 2.99. The van der Waals surface area contributed by atoms with Crippen molar-refractivity contribution < 1.29 is 13.3 Å². The maximum atomic E-state index is 12.1. The van der Waals surface area contributed by atoms with Crippen molar-refractivity contribution in [1.82, 2.24) is 4.72 Å². The fraction of sp³-hybridized carbons (Fsp3) is 0.286. The molecule has 0 aliphatic carbocycles. The minimum absolute atomic E-state index is 0.0561. The largest absolute Gasteiger partial charge is 0.273 e. The number of nitrogens with one attached hydrogen (secondary N) is 1. The van der Waals surface area contributed by atoms with E-state index in [-0.39, 0.29) is 23.7 Å². The topological polar surface area (TPSA) is 89.3 Å². The molecule has 1 aromatic carbocycles. The van der Waals surface area contributed by atoms with Gasteiger partial charge in [-0.3, -0.25) is 10.1 Å². The Kier molecular flexibility index (Phi) is 5.28. The van der Waals surface area contributed by atoms with E-state index < -0.39 is 20.7 Å². The van der Waals surface area contributed by atoms with Crippen LogP contribution in [0, 0.1) is 10.1 Å². The van der Waals surface area contributed by atoms with Gasteiger partial charge in [0.2, 0.25) is 10.0 Å². The smallest absolute Gasteiger partial charge is 0.258 e. The lowest BCUT2D eigenvalue weighted by molar-refractivity contribution is -0.385. The Labute approximate surface area is 133 Å². The summed E-state index contributed by atoms with van der Waals surface area (Å²) in [5.74, 6) is -0.345. The molecule has 1 N–H and O–H groups in total. The van der Waals surface area contributed by atoms with Crippen molar-refractivity contribution in [3.63, 3.8) is 0 Å². The lowest BCUT2D eigenvalue weighted by Gasteiger charge is -2.11. The molecule has 2 aromatic rings. The van der Waals surface area contributed by atoms with Gasteiger partial charge in [0.15, 0.2) is 0 Å². The summed E-state index contributed by atoms with van der Waals surface area (Å²) >= 11 is 1.57. The van der Waals surface area contributed by atoms with Gasteiger partial charge in [-0.2, -0.15) is 0 Å². The molecule has 8 heteroatoms. The van der Waals surface area contributed by atoms with Gasteiger partial charge in [0, 0.05) is 29.0 Å². The van der Waals surface area contributed by atoms with E-state index in [9.17, 15) is 18.5 Å². The van der Waals surface area contributed by atoms with Gasteiger partial charge in [-0.05, 0) is 11.4 Å². The summed E-state index contributed by atoms with van der Waals surface area (Å²) in [7, 11) is -3.63. The zero-order valence-corrected chi connectivity index (χ0v) is 13.6. The summed E-state index contributed by atoms with van der Waals surface area (Å²) in [5, 5.41) is 12.9. The van der Waals surface area contributed by atoms with Crippen LogP contribution in [-0.4, -0.2) is 19.9 Å². The molecule has 1 heterocycles. The number of hydrogen-bond donors (Lipinski definition) is 1. The minimum Gasteiger partial charge on any atom is -0.258 e. The van der Waals surface area contributed by atoms with E-state index in [1.807, 2.05) is 24.4 Å². The Morgan fingerprint density at radius 2 is 2.00 bits per heavy atom. The molecule has 6 nitrogen and oxygen atoms in total. The Bertz CT molecular complexity index is 742. The van der Waals surface area contributed by atoms with Crippen molar-refractivity contribution in [2.45, 2.75) is 18.6 Å². The van der Waals surface area contributed by atoms with Gasteiger partial charge in [0.25, 0.3) is 5.69 Å². The maximum Gasteiger partial charge on any atom is 0.273 e. The number of nitro benzene ring substituents is 1. The highest BCUT2D eigenvalue weighted by Gasteiger charge is 2.20. The second kappa shape index (κ2) is 6.99. The number of rotatable bonds is 7. The Morgan fingerprint density at radius 1 is 1.27 bits per heavy atom. The number of nitro groups is 1. The summed E-state index contributed by atoms with van der Waals surface area (Å²) < 4.78 is 26.8. The van der Waals surface area contributed by atoms with Crippen LogP contribution in [0.15, 0.2) is 41.8 Å². The summed E-state index contributed by atoms with van der Waals surface area (Å²) in [6.07, 6.45) is 0. The summed E-state index contributed by atoms with van der Waals surface area (Å²) in [4.78, 5) is 11.4. The Morgan fingerprint density at radius 3 is 2.64 bits per heavy atom. The predicted molar refractivity (Wildman–Crippen MR) is 86.5 cm³/mol. The second-order valence-corrected chi connectivity index (χ2v) is 7.70. The highest BCUT2D eigenvalue weighted by Crippen LogP contribution is 2.22. The minimum atomic E-state index is -3.63. The molecule has 118 valence electrons. The van der Waals surface area contributed by atoms with E-state index in [1.165, 1.54) is 18.2 Å². The van der Waals surface area contributed by atoms with Crippen LogP contribution in [0.4, 0.5) is 5.69 Å². The highest BCUT2D eigenvalue weighted by atomic mass is 32.2. The Balaban J connectivity index is 2.04. The second-order valence-electron chi connectivity index (χ2n) is 4.91. The Hall–Kier alpha value is -1.77. The van der Waals surface area contributed by atoms with Crippen LogP contribution in [0.2, 0.25) is 0 Å². The van der Waals surface area contributed by atoms with Gasteiger partial charge in [-0.15, -0.1) is 11.3 Å². The van der Waals surface area contributed by atoms with Crippen LogP contribution >= 0.6 is 11.3 Å². The van der Waals surface area contributed by atoms with E-state index in [4.69, 9.17) is 0 Å². The number of hydrogen-bond acceptors (Lipinski definition) is 5. The van der Waals surface area contributed by atoms with E-state index in [0.717, 1.165) is 4.88 Å². The molecule has 0 unspecified atom stereocenters. The van der Waals surface area contributed by atoms with Gasteiger partial charge in [-0.1, -0.05) is 31.2 Å². The SMILES string of the molecule is C[C@@H](CNS(=O)(=O)Cc1ccccc1[N+](=O)[O-])c1cccs1. The van der Waals surface area contributed by atoms with Gasteiger partial charge in [0.05, 0.1) is 10.7 Å². The number of benzene rings is 1. The fourth-order valence-electron chi connectivity index (χ4n) is 1.99. The lowest BCUT2D eigenvalue weighted by Crippen LogP contribution is -2.28. The normalized spacial score (nSPS) is 13.0. The van der Waals surface area contributed by atoms with Gasteiger partial charge < -0.3 is 0 Å². The maximum absolute atomic E-state index is 12.1. The third kappa shape index (κ3) is 4.36. The quantitative estimate of drug-likeness (QED) is 0.620. The summed E-state index contributed by atoms with van der Waals surface area (Å²) in [5.41, 5.74) is 0.00274. The van der Waals surface area contributed by atoms with Crippen LogP contribution in [0.1, 0.15) is 23.3 Å². The van der Waals surface area contributed by atoms with Crippen molar-refractivity contribution in [2.24, 2.45) is 0 Å². The first kappa shape index (κ1) is 16.6. The molecule has 0 spiro atoms. The molecule has 0 radical (unpaired) electrons. The molecule has 0 aliphatic heterocycles. The number of nitrogens with zero attached hydrogens (tertiary/aromatic N) is 1. The van der Waals surface area contributed by atoms with Gasteiger partial charge in [-0.25, -0.2) is 13.1 Å². The van der Waals surface area contributed by atoms with Crippen molar-refractivity contribution in [2.75, 3.05) is 6.54 Å². The van der Waals surface area contributed by atoms with E-state index in [1.54, 1.807) is 17.4 Å². The van der Waals surface area contributed by atoms with E-state index in [2.05, 4.69) is 4.72 Å². The van der Waals surface area contributed by atoms with Crippen LogP contribution in [0.5, 0.6) is 0 Å². The molecule has 0 aliphatic rings. The van der Waals surface area contributed by atoms with Gasteiger partial charge >= 0.3 is 0 Å². The zero-order chi connectivity index (χ0) is 16.2. The summed E-state index contributed by atoms with van der Waals surface area (Å²) in [6.45, 7) is 2.20. The van der Waals surface area contributed by atoms with E-state index >= 15 is 0 Å². The molecule has 0 bridgehead atoms. The van der Waals surface area contributed by atoms with Crippen molar-refractivity contribution >= 4 is 27.0 Å². The predicted octanol–water partition coefficient (Wildman–Crippen LogP) is 2.88. The van der Waals surface area contributed by atoms with Crippen molar-refractivity contribution in [3.8, 4) is 0 Å². The standard InChI is InChI=1S/C14H16N2O4S2/c1-11(14-7-4-8-21-14)9-15-22(19,20)10-12-5-2-3-6-13(12)16(17)18/h2-8,11,15H,9-10H2,1H3/t11-/m0/s1. The third-order valence-electron chi connectivity index (χ3n) is 3.17. The zero-order valence-electron chi connectivity index (χ0n) is 11.9. The van der Waals surface area contributed by atoms with Crippen LogP contribution < -0.4 is 4.72 Å². The molecule has 0 amide bonds. The molecule has 22 heavy (non-hydrogen) atoms. The first-order valence-corrected chi connectivity index (χ1v) is 9.15. The molecular formula is C14H16N2O4S2. The van der Waals surface area contributed by atoms with Gasteiger partial charge in [0.1, 0.15) is 0 Å². The molecule has 2 rings (SSSR count). The molecule has 1 atom stereocenters. The first-order valence-electron chi connectivity index (χ1n) is 6.62. The van der Waals surface area contributed by atoms with E-state index in [0.29, 0.717) is 0 Å². The average molecular weight is 340 g/mol. The molecule has 1 aromatic heterocycles. The van der Waals surface area contributed by atoms with Crippen LogP contribution in [0.25, 0.3) is 0 Å². The van der Waals surface area contributed by atoms with Crippen LogP contribution in [-0.2, 0) is 15.8 Å². The first-order chi connectivity index (χ1) is 10.4. The highest BCUT2D eigenvalue weighted by molar-refractivity contribution is 7.88. The van der Waals surface area contributed by atoms with Crippen molar-refractivity contribution in [1.29, 1.82) is 0 Å². The number of para-hydroxylation sites is 1. The lowest BCUT2D eigenvalue weighted by atomic mass is 10.1. The monoisotopic (exact) mass is 340 g/mol. The number of sulfonamides is 1. The third-order valence-corrected chi connectivity index (χ3v) is 5.57. The van der Waals surface area contributed by atoms with Crippen LogP contribution in [0.3, 0.4) is 0 Å². The molecule has 0 saturated heterocycles. The molecule has 0 saturated carbocycles. The molecular weight excluding hydrogens is 324 g/mol. The summed E-state index contributed by atoms with van der Waals surface area (Å²) in [6, 6.07) is 9.73. The number of thiophene rings is 1. The fourth-order valence-corrected chi connectivity index (χ4v) is 4.04. The van der Waals surface area contributed by atoms with Crippen molar-refractivity contribution in [3.05, 3.63) is 62.3 Å².